The first-order valence-corrected chi connectivity index (χ1v) is 5.99. The normalized spacial score (nSPS) is 19.1. The van der Waals surface area contributed by atoms with E-state index in [4.69, 9.17) is 0 Å². The minimum atomic E-state index is -7.78. The zero-order valence-corrected chi connectivity index (χ0v) is 11.6. The molecule has 0 aliphatic heterocycles. The van der Waals surface area contributed by atoms with Gasteiger partial charge < -0.3 is 0 Å². The number of hydrogen-bond acceptors (Lipinski definition) is 0. The van der Waals surface area contributed by atoms with Crippen molar-refractivity contribution < 1.29 is 57.1 Å². The van der Waals surface area contributed by atoms with Gasteiger partial charge in [0.25, 0.3) is 0 Å². The number of halogens is 13. The molecule has 0 spiro atoms. The molecule has 2 unspecified atom stereocenters. The lowest BCUT2D eigenvalue weighted by atomic mass is 9.81. The quantitative estimate of drug-likeness (QED) is 0.485. The molecule has 24 heavy (non-hydrogen) atoms. The molecule has 0 saturated heterocycles. The van der Waals surface area contributed by atoms with Gasteiger partial charge in [-0.25, -0.2) is 8.78 Å². The van der Waals surface area contributed by atoms with E-state index in [0.717, 1.165) is 0 Å². The summed E-state index contributed by atoms with van der Waals surface area (Å²) < 4.78 is 167. The first kappa shape index (κ1) is 23.1. The highest BCUT2D eigenvalue weighted by molar-refractivity contribution is 5.14. The fraction of sp³-hybridized carbons (Fsp3) is 0.909. The molecule has 0 aromatic carbocycles. The molecule has 0 aromatic heterocycles. The van der Waals surface area contributed by atoms with Crippen LogP contribution in [-0.4, -0.2) is 41.7 Å². The molecule has 0 bridgehead atoms. The molecule has 0 saturated carbocycles. The fourth-order valence-electron chi connectivity index (χ4n) is 1.67. The van der Waals surface area contributed by atoms with E-state index in [-0.39, 0.29) is 0 Å². The Balaban J connectivity index is 6.39. The van der Waals surface area contributed by atoms with Gasteiger partial charge in [0.15, 0.2) is 0 Å². The zero-order chi connectivity index (χ0) is 20.0. The van der Waals surface area contributed by atoms with Crippen LogP contribution in [0, 0.1) is 6.92 Å². The SMILES string of the molecule is [CH2]CC(F)(C(F)CC)C(F)(F)C(F)(F)C(F)(F)C(F)(F)C(F)(F)F. The van der Waals surface area contributed by atoms with E-state index >= 15 is 0 Å². The van der Waals surface area contributed by atoms with Crippen LogP contribution in [-0.2, 0) is 0 Å². The van der Waals surface area contributed by atoms with E-state index < -0.39 is 54.5 Å². The minimum Gasteiger partial charge on any atom is -0.244 e. The maximum absolute atomic E-state index is 13.9. The van der Waals surface area contributed by atoms with Crippen molar-refractivity contribution in [1.82, 2.24) is 0 Å². The highest BCUT2D eigenvalue weighted by Gasteiger charge is 2.90. The summed E-state index contributed by atoms with van der Waals surface area (Å²) in [5, 5.41) is 0. The van der Waals surface area contributed by atoms with Gasteiger partial charge >= 0.3 is 29.9 Å². The number of alkyl halides is 13. The molecule has 0 N–H and O–H groups in total. The van der Waals surface area contributed by atoms with E-state index in [1.54, 1.807) is 0 Å². The van der Waals surface area contributed by atoms with Crippen LogP contribution in [0.2, 0.25) is 0 Å². The van der Waals surface area contributed by atoms with Gasteiger partial charge in [-0.3, -0.25) is 0 Å². The van der Waals surface area contributed by atoms with Gasteiger partial charge in [-0.1, -0.05) is 6.92 Å². The minimum absolute atomic E-state index is 0.616. The second-order valence-corrected chi connectivity index (χ2v) is 4.78. The summed E-state index contributed by atoms with van der Waals surface area (Å²) in [5.74, 6) is -29.9. The lowest BCUT2D eigenvalue weighted by Gasteiger charge is -2.43. The Morgan fingerprint density at radius 1 is 0.667 bits per heavy atom. The van der Waals surface area contributed by atoms with Gasteiger partial charge in [-0.15, -0.1) is 0 Å². The van der Waals surface area contributed by atoms with Gasteiger partial charge in [0.1, 0.15) is 6.17 Å². The van der Waals surface area contributed by atoms with Crippen molar-refractivity contribution in [3.8, 4) is 0 Å². The second-order valence-electron chi connectivity index (χ2n) is 4.78. The zero-order valence-electron chi connectivity index (χ0n) is 11.6. The first-order chi connectivity index (χ1) is 10.3. The van der Waals surface area contributed by atoms with Crippen molar-refractivity contribution in [2.24, 2.45) is 0 Å². The summed E-state index contributed by atoms with van der Waals surface area (Å²) in [6, 6.07) is 0. The van der Waals surface area contributed by atoms with Gasteiger partial charge in [0.05, 0.1) is 0 Å². The predicted molar refractivity (Wildman–Crippen MR) is 54.8 cm³/mol. The molecule has 0 aliphatic rings. The standard InChI is InChI=1S/C11H10F13/c1-3-5(12)6(13,4-2)7(14,15)8(16,17)9(18,19)10(20,21)11(22,23)24/h5H,2-4H2,1H3. The van der Waals surface area contributed by atoms with Crippen LogP contribution in [0.1, 0.15) is 19.8 Å². The lowest BCUT2D eigenvalue weighted by Crippen LogP contribution is -2.72. The van der Waals surface area contributed by atoms with Crippen LogP contribution in [0.15, 0.2) is 0 Å². The summed E-state index contributed by atoms with van der Waals surface area (Å²) in [6.45, 7) is 2.93. The van der Waals surface area contributed by atoms with Crippen LogP contribution in [0.25, 0.3) is 0 Å². The molecule has 1 radical (unpaired) electrons. The van der Waals surface area contributed by atoms with Crippen LogP contribution < -0.4 is 0 Å². The molecule has 0 fully saturated rings. The highest BCUT2D eigenvalue weighted by atomic mass is 19.4. The summed E-state index contributed by atoms with van der Waals surface area (Å²) >= 11 is 0. The molecule has 0 rings (SSSR count). The van der Waals surface area contributed by atoms with E-state index in [2.05, 4.69) is 6.92 Å². The summed E-state index contributed by atoms with van der Waals surface area (Å²) in [6.07, 6.45) is -14.4. The van der Waals surface area contributed by atoms with E-state index in [0.29, 0.717) is 6.92 Å². The average molecular weight is 389 g/mol. The van der Waals surface area contributed by atoms with Crippen molar-refractivity contribution in [1.29, 1.82) is 0 Å². The average Bonchev–Trinajstić information content (AvgIpc) is 2.43. The van der Waals surface area contributed by atoms with Gasteiger partial charge in [0.2, 0.25) is 5.67 Å². The maximum atomic E-state index is 13.9. The summed E-state index contributed by atoms with van der Waals surface area (Å²) in [7, 11) is 0. The highest BCUT2D eigenvalue weighted by Crippen LogP contribution is 2.61. The molecule has 145 valence electrons. The molecule has 0 aromatic rings. The smallest absolute Gasteiger partial charge is 0.244 e. The first-order valence-electron chi connectivity index (χ1n) is 5.99. The lowest BCUT2D eigenvalue weighted by molar-refractivity contribution is -0.434. The van der Waals surface area contributed by atoms with Crippen LogP contribution in [0.4, 0.5) is 57.1 Å². The van der Waals surface area contributed by atoms with Crippen LogP contribution in [0.3, 0.4) is 0 Å². The van der Waals surface area contributed by atoms with E-state index in [1.807, 2.05) is 0 Å². The Kier molecular flexibility index (Phi) is 5.88. The Hall–Kier alpha value is -0.910. The third-order valence-corrected chi connectivity index (χ3v) is 3.28. The van der Waals surface area contributed by atoms with Crippen molar-refractivity contribution in [3.63, 3.8) is 0 Å². The van der Waals surface area contributed by atoms with Crippen molar-refractivity contribution in [2.75, 3.05) is 0 Å². The molecule has 0 nitrogen and oxygen atoms in total. The molecular formula is C11H10F13. The van der Waals surface area contributed by atoms with E-state index in [1.165, 1.54) is 0 Å². The Morgan fingerprint density at radius 3 is 1.25 bits per heavy atom. The third-order valence-electron chi connectivity index (χ3n) is 3.28. The molecule has 0 amide bonds. The second kappa shape index (κ2) is 6.11. The fourth-order valence-corrected chi connectivity index (χ4v) is 1.67. The number of rotatable bonds is 7. The topological polar surface area (TPSA) is 0 Å². The van der Waals surface area contributed by atoms with Gasteiger partial charge in [-0.05, 0) is 19.8 Å². The number of hydrogen-bond donors (Lipinski definition) is 0. The largest absolute Gasteiger partial charge is 0.460 e. The summed E-state index contributed by atoms with van der Waals surface area (Å²) in [4.78, 5) is 0. The van der Waals surface area contributed by atoms with Gasteiger partial charge in [-0.2, -0.15) is 48.3 Å². The van der Waals surface area contributed by atoms with Crippen LogP contribution >= 0.6 is 0 Å². The molecule has 2 atom stereocenters. The van der Waals surface area contributed by atoms with E-state index in [9.17, 15) is 57.1 Å². The maximum Gasteiger partial charge on any atom is 0.460 e. The molecular weight excluding hydrogens is 379 g/mol. The Labute approximate surface area is 127 Å². The van der Waals surface area contributed by atoms with Crippen LogP contribution in [0.5, 0.6) is 0 Å². The third kappa shape index (κ3) is 2.80. The molecule has 13 heteroatoms. The monoisotopic (exact) mass is 389 g/mol. The van der Waals surface area contributed by atoms with Crippen molar-refractivity contribution >= 4 is 0 Å². The Bertz CT molecular complexity index is 438. The summed E-state index contributed by atoms with van der Waals surface area (Å²) in [5.41, 5.74) is -5.21. The van der Waals surface area contributed by atoms with Crippen molar-refractivity contribution in [3.05, 3.63) is 6.92 Å². The Morgan fingerprint density at radius 2 is 1.00 bits per heavy atom. The van der Waals surface area contributed by atoms with Crippen molar-refractivity contribution in [2.45, 2.75) is 61.5 Å². The predicted octanol–water partition coefficient (Wildman–Crippen LogP) is 5.77. The van der Waals surface area contributed by atoms with Gasteiger partial charge in [0, 0.05) is 0 Å². The molecule has 0 heterocycles. The molecule has 0 aliphatic carbocycles.